The second-order valence-electron chi connectivity index (χ2n) is 8.32. The van der Waals surface area contributed by atoms with E-state index in [-0.39, 0.29) is 5.91 Å². The number of benzene rings is 3. The summed E-state index contributed by atoms with van der Waals surface area (Å²) < 4.78 is 7.12. The first-order valence-corrected chi connectivity index (χ1v) is 13.2. The zero-order valence-electron chi connectivity index (χ0n) is 20.0. The molecule has 2 N–H and O–H groups in total. The number of thioether (sulfide) groups is 1. The van der Waals surface area contributed by atoms with Gasteiger partial charge in [-0.2, -0.15) is 4.98 Å². The van der Waals surface area contributed by atoms with Gasteiger partial charge < -0.3 is 15.4 Å². The molecule has 0 bridgehead atoms. The molecule has 4 aromatic rings. The van der Waals surface area contributed by atoms with Crippen LogP contribution in [0.5, 0.6) is 5.75 Å². The molecule has 188 valence electrons. The number of carbonyl (C=O) groups excluding carboxylic acids is 1. The van der Waals surface area contributed by atoms with Gasteiger partial charge in [-0.15, -0.1) is 5.10 Å². The van der Waals surface area contributed by atoms with Gasteiger partial charge in [-0.1, -0.05) is 83.5 Å². The SMILES string of the molecule is COc1ccccc1NC(=O)C1=C(C)Nc2nc(SCc3ccccc3)nn2C1c1ccc(Cl)cc1Cl. The third kappa shape index (κ3) is 5.32. The summed E-state index contributed by atoms with van der Waals surface area (Å²) in [5.74, 6) is 1.48. The predicted molar refractivity (Wildman–Crippen MR) is 149 cm³/mol. The molecule has 0 aliphatic carbocycles. The maximum Gasteiger partial charge on any atom is 0.255 e. The van der Waals surface area contributed by atoms with Crippen molar-refractivity contribution in [3.8, 4) is 5.75 Å². The molecule has 3 aromatic carbocycles. The Balaban J connectivity index is 1.53. The molecule has 1 aliphatic rings. The highest BCUT2D eigenvalue weighted by atomic mass is 35.5. The van der Waals surface area contributed by atoms with Crippen LogP contribution in [0.15, 0.2) is 89.2 Å². The van der Waals surface area contributed by atoms with Crippen LogP contribution in [0, 0.1) is 0 Å². The van der Waals surface area contributed by atoms with E-state index in [2.05, 4.69) is 22.8 Å². The minimum absolute atomic E-state index is 0.315. The Hall–Kier alpha value is -3.46. The number of ether oxygens (including phenoxy) is 1. The van der Waals surface area contributed by atoms with E-state index in [9.17, 15) is 4.79 Å². The Morgan fingerprint density at radius 3 is 2.62 bits per heavy atom. The molecular formula is C27H23Cl2N5O2S. The minimum Gasteiger partial charge on any atom is -0.495 e. The second kappa shape index (κ2) is 10.9. The standard InChI is InChI=1S/C27H23Cl2N5O2S/c1-16-23(25(35)31-21-10-6-7-11-22(21)36-2)24(19-13-12-18(28)14-20(19)29)34-26(30-16)32-27(33-34)37-15-17-8-4-3-5-9-17/h3-14,24H,15H2,1-2H3,(H,31,35)(H,30,32,33). The number of nitrogens with one attached hydrogen (secondary N) is 2. The molecule has 7 nitrogen and oxygen atoms in total. The first kappa shape index (κ1) is 25.2. The highest BCUT2D eigenvalue weighted by Crippen LogP contribution is 2.40. The topological polar surface area (TPSA) is 81.1 Å². The second-order valence-corrected chi connectivity index (χ2v) is 10.1. The molecule has 1 atom stereocenters. The number of carbonyl (C=O) groups is 1. The lowest BCUT2D eigenvalue weighted by molar-refractivity contribution is -0.113. The number of hydrogen-bond acceptors (Lipinski definition) is 6. The molecule has 37 heavy (non-hydrogen) atoms. The summed E-state index contributed by atoms with van der Waals surface area (Å²) >= 11 is 14.4. The molecular weight excluding hydrogens is 529 g/mol. The van der Waals surface area contributed by atoms with E-state index in [0.29, 0.717) is 55.2 Å². The number of methoxy groups -OCH3 is 1. The molecule has 0 saturated heterocycles. The fourth-order valence-electron chi connectivity index (χ4n) is 4.16. The van der Waals surface area contributed by atoms with Gasteiger partial charge in [0.1, 0.15) is 11.8 Å². The van der Waals surface area contributed by atoms with Crippen molar-refractivity contribution in [3.63, 3.8) is 0 Å². The van der Waals surface area contributed by atoms with E-state index < -0.39 is 6.04 Å². The number of hydrogen-bond donors (Lipinski definition) is 2. The normalized spacial score (nSPS) is 14.6. The summed E-state index contributed by atoms with van der Waals surface area (Å²) in [5.41, 5.74) is 3.49. The first-order valence-electron chi connectivity index (χ1n) is 11.4. The molecule has 1 aliphatic heterocycles. The number of allylic oxidation sites excluding steroid dienone is 1. The number of fused-ring (bicyclic) bond motifs is 1. The average Bonchev–Trinajstić information content (AvgIpc) is 3.30. The van der Waals surface area contributed by atoms with Crippen LogP contribution in [0.3, 0.4) is 0 Å². The summed E-state index contributed by atoms with van der Waals surface area (Å²) in [6, 6.07) is 21.9. The predicted octanol–water partition coefficient (Wildman–Crippen LogP) is 6.81. The summed E-state index contributed by atoms with van der Waals surface area (Å²) in [6.07, 6.45) is 0. The van der Waals surface area contributed by atoms with Crippen molar-refractivity contribution in [2.45, 2.75) is 23.9 Å². The molecule has 0 saturated carbocycles. The van der Waals surface area contributed by atoms with E-state index in [1.54, 1.807) is 36.1 Å². The highest BCUT2D eigenvalue weighted by molar-refractivity contribution is 7.98. The fourth-order valence-corrected chi connectivity index (χ4v) is 5.45. The van der Waals surface area contributed by atoms with Crippen molar-refractivity contribution in [3.05, 3.63) is 105 Å². The van der Waals surface area contributed by atoms with Crippen molar-refractivity contribution < 1.29 is 9.53 Å². The smallest absolute Gasteiger partial charge is 0.255 e. The lowest BCUT2D eigenvalue weighted by Crippen LogP contribution is -2.31. The van der Waals surface area contributed by atoms with Crippen LogP contribution >= 0.6 is 35.0 Å². The molecule has 10 heteroatoms. The van der Waals surface area contributed by atoms with E-state index >= 15 is 0 Å². The van der Waals surface area contributed by atoms with Crippen molar-refractivity contribution in [2.75, 3.05) is 17.7 Å². The van der Waals surface area contributed by atoms with Crippen molar-refractivity contribution in [2.24, 2.45) is 0 Å². The van der Waals surface area contributed by atoms with E-state index in [4.69, 9.17) is 38.0 Å². The average molecular weight is 552 g/mol. The molecule has 0 fully saturated rings. The third-order valence-electron chi connectivity index (χ3n) is 5.90. The van der Waals surface area contributed by atoms with Crippen LogP contribution in [-0.4, -0.2) is 27.8 Å². The van der Waals surface area contributed by atoms with Gasteiger partial charge in [-0.3, -0.25) is 4.79 Å². The van der Waals surface area contributed by atoms with Crippen molar-refractivity contribution in [1.29, 1.82) is 0 Å². The Bertz CT molecular complexity index is 1490. The van der Waals surface area contributed by atoms with Gasteiger partial charge in [0.15, 0.2) is 0 Å². The Labute approximate surface area is 228 Å². The number of anilines is 2. The quantitative estimate of drug-likeness (QED) is 0.245. The van der Waals surface area contributed by atoms with Crippen LogP contribution < -0.4 is 15.4 Å². The van der Waals surface area contributed by atoms with Gasteiger partial charge in [0.25, 0.3) is 5.91 Å². The van der Waals surface area contributed by atoms with Crippen molar-refractivity contribution >= 4 is 52.5 Å². The molecule has 1 aromatic heterocycles. The summed E-state index contributed by atoms with van der Waals surface area (Å²) in [5, 5.41) is 12.5. The molecule has 2 heterocycles. The number of nitrogens with zero attached hydrogens (tertiary/aromatic N) is 3. The van der Waals surface area contributed by atoms with Gasteiger partial charge in [-0.25, -0.2) is 4.68 Å². The number of amides is 1. The van der Waals surface area contributed by atoms with E-state index in [0.717, 1.165) is 5.56 Å². The monoisotopic (exact) mass is 551 g/mol. The van der Waals surface area contributed by atoms with Crippen LogP contribution in [0.4, 0.5) is 11.6 Å². The lowest BCUT2D eigenvalue weighted by Gasteiger charge is -2.29. The van der Waals surface area contributed by atoms with Crippen LogP contribution in [0.1, 0.15) is 24.1 Å². The maximum absolute atomic E-state index is 13.7. The summed E-state index contributed by atoms with van der Waals surface area (Å²) in [6.45, 7) is 1.84. The van der Waals surface area contributed by atoms with Gasteiger partial charge >= 0.3 is 0 Å². The summed E-state index contributed by atoms with van der Waals surface area (Å²) in [4.78, 5) is 18.4. The lowest BCUT2D eigenvalue weighted by atomic mass is 9.95. The molecule has 5 rings (SSSR count). The Morgan fingerprint density at radius 2 is 1.86 bits per heavy atom. The Kier molecular flexibility index (Phi) is 7.41. The molecule has 0 radical (unpaired) electrons. The third-order valence-corrected chi connectivity index (χ3v) is 7.37. The largest absolute Gasteiger partial charge is 0.495 e. The van der Waals surface area contributed by atoms with Crippen LogP contribution in [0.2, 0.25) is 10.0 Å². The van der Waals surface area contributed by atoms with Gasteiger partial charge in [0.2, 0.25) is 11.1 Å². The summed E-state index contributed by atoms with van der Waals surface area (Å²) in [7, 11) is 1.56. The zero-order chi connectivity index (χ0) is 25.9. The highest BCUT2D eigenvalue weighted by Gasteiger charge is 2.35. The van der Waals surface area contributed by atoms with Crippen LogP contribution in [0.25, 0.3) is 0 Å². The zero-order valence-corrected chi connectivity index (χ0v) is 22.4. The van der Waals surface area contributed by atoms with E-state index in [1.807, 2.05) is 43.3 Å². The van der Waals surface area contributed by atoms with Crippen molar-refractivity contribution in [1.82, 2.24) is 14.8 Å². The number of aromatic nitrogens is 3. The number of rotatable bonds is 7. The van der Waals surface area contributed by atoms with E-state index in [1.165, 1.54) is 11.8 Å². The van der Waals surface area contributed by atoms with Crippen LogP contribution in [-0.2, 0) is 10.5 Å². The van der Waals surface area contributed by atoms with Gasteiger partial charge in [0, 0.05) is 27.1 Å². The van der Waals surface area contributed by atoms with Gasteiger partial charge in [0.05, 0.1) is 18.4 Å². The molecule has 1 amide bonds. The number of para-hydroxylation sites is 2. The minimum atomic E-state index is -0.630. The van der Waals surface area contributed by atoms with Gasteiger partial charge in [-0.05, 0) is 36.8 Å². The Morgan fingerprint density at radius 1 is 1.11 bits per heavy atom. The molecule has 1 unspecified atom stereocenters. The first-order chi connectivity index (χ1) is 17.9. The molecule has 0 spiro atoms. The number of halogens is 2. The maximum atomic E-state index is 13.7. The fraction of sp³-hybridized carbons (Fsp3) is 0.148.